The molecule has 0 unspecified atom stereocenters. The molecule has 0 bridgehead atoms. The molecule has 3 aromatic rings. The first-order chi connectivity index (χ1) is 16.4. The summed E-state index contributed by atoms with van der Waals surface area (Å²) in [5, 5.41) is 2.83. The summed E-state index contributed by atoms with van der Waals surface area (Å²) in [6.45, 7) is 9.11. The van der Waals surface area contributed by atoms with Crippen LogP contribution in [0.15, 0.2) is 47.5 Å². The Hall–Kier alpha value is -3.72. The van der Waals surface area contributed by atoms with Crippen LogP contribution < -0.4 is 20.3 Å². The second-order valence-electron chi connectivity index (χ2n) is 7.69. The maximum atomic E-state index is 12.7. The SMILES string of the molecule is CCN(CC)CCOc1cc(NC(=O)Cc2c(C)nc(-c3cccnc3)[nH]c2=O)ccc1OC. The monoisotopic (exact) mass is 465 g/mol. The van der Waals surface area contributed by atoms with E-state index >= 15 is 0 Å². The second kappa shape index (κ2) is 11.9. The minimum atomic E-state index is -0.350. The van der Waals surface area contributed by atoms with Gasteiger partial charge in [0.25, 0.3) is 5.56 Å². The minimum absolute atomic E-state index is 0.105. The van der Waals surface area contributed by atoms with Gasteiger partial charge in [0.15, 0.2) is 11.5 Å². The third-order valence-corrected chi connectivity index (χ3v) is 5.50. The topological polar surface area (TPSA) is 109 Å². The summed E-state index contributed by atoms with van der Waals surface area (Å²) in [4.78, 5) is 38.8. The summed E-state index contributed by atoms with van der Waals surface area (Å²) in [6, 6.07) is 8.77. The highest BCUT2D eigenvalue weighted by Gasteiger charge is 2.15. The van der Waals surface area contributed by atoms with Crippen LogP contribution in [0.2, 0.25) is 0 Å². The Kier molecular flexibility index (Phi) is 8.75. The molecule has 180 valence electrons. The Labute approximate surface area is 199 Å². The quantitative estimate of drug-likeness (QED) is 0.448. The number of nitrogens with one attached hydrogen (secondary N) is 2. The molecule has 2 N–H and O–H groups in total. The van der Waals surface area contributed by atoms with E-state index in [-0.39, 0.29) is 17.9 Å². The van der Waals surface area contributed by atoms with Gasteiger partial charge in [-0.1, -0.05) is 13.8 Å². The molecule has 34 heavy (non-hydrogen) atoms. The molecule has 0 saturated carbocycles. The van der Waals surface area contributed by atoms with Gasteiger partial charge in [-0.2, -0.15) is 0 Å². The number of anilines is 1. The average Bonchev–Trinajstić information content (AvgIpc) is 2.84. The fraction of sp³-hybridized carbons (Fsp3) is 0.360. The molecular formula is C25H31N5O4. The molecule has 9 nitrogen and oxygen atoms in total. The first-order valence-electron chi connectivity index (χ1n) is 11.3. The van der Waals surface area contributed by atoms with Crippen molar-refractivity contribution in [3.63, 3.8) is 0 Å². The van der Waals surface area contributed by atoms with Crippen LogP contribution in [0.25, 0.3) is 11.4 Å². The van der Waals surface area contributed by atoms with Gasteiger partial charge in [0, 0.05) is 47.5 Å². The maximum absolute atomic E-state index is 12.7. The number of benzene rings is 1. The Balaban J connectivity index is 1.69. The predicted molar refractivity (Wildman–Crippen MR) is 131 cm³/mol. The molecule has 9 heteroatoms. The number of amides is 1. The van der Waals surface area contributed by atoms with Gasteiger partial charge >= 0.3 is 0 Å². The lowest BCUT2D eigenvalue weighted by atomic mass is 10.1. The van der Waals surface area contributed by atoms with Crippen molar-refractivity contribution in [2.75, 3.05) is 38.7 Å². The van der Waals surface area contributed by atoms with Gasteiger partial charge in [-0.15, -0.1) is 0 Å². The van der Waals surface area contributed by atoms with Crippen LogP contribution in [-0.2, 0) is 11.2 Å². The normalized spacial score (nSPS) is 10.9. The van der Waals surface area contributed by atoms with E-state index in [1.165, 1.54) is 0 Å². The van der Waals surface area contributed by atoms with E-state index in [4.69, 9.17) is 9.47 Å². The zero-order valence-corrected chi connectivity index (χ0v) is 20.1. The molecule has 0 aliphatic carbocycles. The van der Waals surface area contributed by atoms with Crippen molar-refractivity contribution < 1.29 is 14.3 Å². The molecule has 0 radical (unpaired) electrons. The van der Waals surface area contributed by atoms with Crippen LogP contribution in [0, 0.1) is 6.92 Å². The molecule has 0 aliphatic heterocycles. The summed E-state index contributed by atoms with van der Waals surface area (Å²) in [5.41, 5.74) is 1.71. The smallest absolute Gasteiger partial charge is 0.255 e. The van der Waals surface area contributed by atoms with E-state index in [0.29, 0.717) is 46.4 Å². The fourth-order valence-corrected chi connectivity index (χ4v) is 3.52. The van der Waals surface area contributed by atoms with Gasteiger partial charge in [-0.3, -0.25) is 14.6 Å². The zero-order chi connectivity index (χ0) is 24.5. The molecule has 3 rings (SSSR count). The third kappa shape index (κ3) is 6.41. The number of rotatable bonds is 11. The van der Waals surface area contributed by atoms with Crippen LogP contribution in [0.5, 0.6) is 11.5 Å². The van der Waals surface area contributed by atoms with E-state index in [1.807, 2.05) is 6.07 Å². The molecule has 2 heterocycles. The molecule has 1 aromatic carbocycles. The maximum Gasteiger partial charge on any atom is 0.255 e. The summed E-state index contributed by atoms with van der Waals surface area (Å²) in [6.07, 6.45) is 3.16. The van der Waals surface area contributed by atoms with Crippen LogP contribution >= 0.6 is 0 Å². The number of hydrogen-bond acceptors (Lipinski definition) is 7. The second-order valence-corrected chi connectivity index (χ2v) is 7.69. The van der Waals surface area contributed by atoms with Crippen LogP contribution in [0.4, 0.5) is 5.69 Å². The van der Waals surface area contributed by atoms with E-state index in [2.05, 4.69) is 39.0 Å². The molecule has 2 aromatic heterocycles. The summed E-state index contributed by atoms with van der Waals surface area (Å²) in [7, 11) is 1.57. The number of methoxy groups -OCH3 is 1. The number of aromatic amines is 1. The van der Waals surface area contributed by atoms with Crippen molar-refractivity contribution in [2.24, 2.45) is 0 Å². The molecule has 0 aliphatic rings. The summed E-state index contributed by atoms with van der Waals surface area (Å²) < 4.78 is 11.3. The number of H-pyrrole nitrogens is 1. The zero-order valence-electron chi connectivity index (χ0n) is 20.1. The Morgan fingerprint density at radius 2 is 1.97 bits per heavy atom. The molecule has 0 atom stereocenters. The molecule has 1 amide bonds. The molecule has 0 saturated heterocycles. The number of pyridine rings is 1. The van der Waals surface area contributed by atoms with Crippen molar-refractivity contribution in [1.29, 1.82) is 0 Å². The Morgan fingerprint density at radius 1 is 1.18 bits per heavy atom. The van der Waals surface area contributed by atoms with Gasteiger partial charge in [0.05, 0.1) is 13.5 Å². The van der Waals surface area contributed by atoms with Gasteiger partial charge in [0.2, 0.25) is 5.91 Å². The number of ether oxygens (including phenoxy) is 2. The highest BCUT2D eigenvalue weighted by atomic mass is 16.5. The number of likely N-dealkylation sites (N-methyl/N-ethyl adjacent to an activating group) is 1. The predicted octanol–water partition coefficient (Wildman–Crippen LogP) is 3.05. The lowest BCUT2D eigenvalue weighted by Gasteiger charge is -2.19. The van der Waals surface area contributed by atoms with Crippen molar-refractivity contribution in [1.82, 2.24) is 19.9 Å². The summed E-state index contributed by atoms with van der Waals surface area (Å²) in [5.74, 6) is 1.22. The molecular weight excluding hydrogens is 434 g/mol. The van der Waals surface area contributed by atoms with Crippen molar-refractivity contribution in [2.45, 2.75) is 27.2 Å². The number of aromatic nitrogens is 3. The van der Waals surface area contributed by atoms with E-state index in [9.17, 15) is 9.59 Å². The highest BCUT2D eigenvalue weighted by Crippen LogP contribution is 2.30. The minimum Gasteiger partial charge on any atom is -0.493 e. The Bertz CT molecular complexity index is 1160. The number of carbonyl (C=O) groups excluding carboxylic acids is 1. The summed E-state index contributed by atoms with van der Waals surface area (Å²) >= 11 is 0. The van der Waals surface area contributed by atoms with Crippen molar-refractivity contribution in [3.8, 4) is 22.9 Å². The van der Waals surface area contributed by atoms with Crippen LogP contribution in [-0.4, -0.2) is 59.1 Å². The average molecular weight is 466 g/mol. The van der Waals surface area contributed by atoms with Gasteiger partial charge < -0.3 is 24.7 Å². The van der Waals surface area contributed by atoms with Crippen molar-refractivity contribution >= 4 is 11.6 Å². The van der Waals surface area contributed by atoms with E-state index in [0.717, 1.165) is 19.6 Å². The fourth-order valence-electron chi connectivity index (χ4n) is 3.52. The first kappa shape index (κ1) is 24.9. The molecule has 0 fully saturated rings. The first-order valence-corrected chi connectivity index (χ1v) is 11.3. The lowest BCUT2D eigenvalue weighted by molar-refractivity contribution is -0.115. The van der Waals surface area contributed by atoms with Gasteiger partial charge in [-0.25, -0.2) is 4.98 Å². The third-order valence-electron chi connectivity index (χ3n) is 5.50. The van der Waals surface area contributed by atoms with Crippen LogP contribution in [0.3, 0.4) is 0 Å². The number of hydrogen-bond donors (Lipinski definition) is 2. The highest BCUT2D eigenvalue weighted by molar-refractivity contribution is 5.92. The standard InChI is InChI=1S/C25H31N5O4/c1-5-30(6-2)12-13-34-22-14-19(9-10-21(22)33-4)28-23(31)15-20-17(3)27-24(29-25(20)32)18-8-7-11-26-16-18/h7-11,14,16H,5-6,12-13,15H2,1-4H3,(H,28,31)(H,27,29,32). The molecule has 0 spiro atoms. The van der Waals surface area contributed by atoms with Gasteiger partial charge in [-0.05, 0) is 44.3 Å². The number of carbonyl (C=O) groups is 1. The largest absolute Gasteiger partial charge is 0.493 e. The van der Waals surface area contributed by atoms with E-state index < -0.39 is 0 Å². The van der Waals surface area contributed by atoms with Crippen LogP contribution in [0.1, 0.15) is 25.1 Å². The van der Waals surface area contributed by atoms with Crippen molar-refractivity contribution in [3.05, 3.63) is 64.3 Å². The Morgan fingerprint density at radius 3 is 2.62 bits per heavy atom. The van der Waals surface area contributed by atoms with Gasteiger partial charge in [0.1, 0.15) is 12.4 Å². The number of aryl methyl sites for hydroxylation is 1. The lowest BCUT2D eigenvalue weighted by Crippen LogP contribution is -2.28. The van der Waals surface area contributed by atoms with E-state index in [1.54, 1.807) is 50.7 Å². The number of nitrogens with zero attached hydrogens (tertiary/aromatic N) is 3.